The zero-order valence-electron chi connectivity index (χ0n) is 10.1. The van der Waals surface area contributed by atoms with Crippen molar-refractivity contribution in [1.29, 1.82) is 0 Å². The van der Waals surface area contributed by atoms with E-state index in [1.165, 1.54) is 30.3 Å². The molecule has 0 aliphatic carbocycles. The number of alkyl halides is 3. The maximum absolute atomic E-state index is 13.7. The lowest BCUT2D eigenvalue weighted by molar-refractivity contribution is -0.137. The molecular formula is C15H11F4. The van der Waals surface area contributed by atoms with Gasteiger partial charge < -0.3 is 0 Å². The highest BCUT2D eigenvalue weighted by atomic mass is 19.4. The van der Waals surface area contributed by atoms with Crippen molar-refractivity contribution >= 4 is 0 Å². The van der Waals surface area contributed by atoms with Crippen molar-refractivity contribution in [3.63, 3.8) is 0 Å². The SMILES string of the molecule is C[CH]c1ccc(C(F)(F)F)c(-c2ccccc2F)c1. The lowest BCUT2D eigenvalue weighted by Gasteiger charge is -2.14. The fourth-order valence-electron chi connectivity index (χ4n) is 1.89. The summed E-state index contributed by atoms with van der Waals surface area (Å²) in [7, 11) is 0. The minimum Gasteiger partial charge on any atom is -0.206 e. The Hall–Kier alpha value is -1.84. The molecule has 0 heterocycles. The predicted octanol–water partition coefficient (Wildman–Crippen LogP) is 5.08. The van der Waals surface area contributed by atoms with E-state index in [4.69, 9.17) is 0 Å². The van der Waals surface area contributed by atoms with Crippen LogP contribution in [-0.2, 0) is 6.18 Å². The third-order valence-corrected chi connectivity index (χ3v) is 2.85. The van der Waals surface area contributed by atoms with E-state index in [1.807, 2.05) is 0 Å². The van der Waals surface area contributed by atoms with Gasteiger partial charge in [0.25, 0.3) is 0 Å². The maximum atomic E-state index is 13.7. The Morgan fingerprint density at radius 3 is 2.21 bits per heavy atom. The van der Waals surface area contributed by atoms with Crippen LogP contribution in [0, 0.1) is 12.2 Å². The second-order valence-electron chi connectivity index (χ2n) is 4.07. The van der Waals surface area contributed by atoms with Crippen LogP contribution in [0.15, 0.2) is 42.5 Å². The number of hydrogen-bond donors (Lipinski definition) is 0. The second kappa shape index (κ2) is 5.03. The first-order chi connectivity index (χ1) is 8.93. The van der Waals surface area contributed by atoms with E-state index < -0.39 is 17.6 Å². The van der Waals surface area contributed by atoms with Crippen molar-refractivity contribution in [2.24, 2.45) is 0 Å². The van der Waals surface area contributed by atoms with Gasteiger partial charge in [0.1, 0.15) is 5.82 Å². The van der Waals surface area contributed by atoms with E-state index in [1.54, 1.807) is 13.3 Å². The fourth-order valence-corrected chi connectivity index (χ4v) is 1.89. The van der Waals surface area contributed by atoms with E-state index >= 15 is 0 Å². The normalized spacial score (nSPS) is 11.6. The first-order valence-corrected chi connectivity index (χ1v) is 5.69. The van der Waals surface area contributed by atoms with Crippen molar-refractivity contribution in [2.75, 3.05) is 0 Å². The van der Waals surface area contributed by atoms with Crippen LogP contribution in [-0.4, -0.2) is 0 Å². The Morgan fingerprint density at radius 1 is 0.947 bits per heavy atom. The molecule has 0 unspecified atom stereocenters. The van der Waals surface area contributed by atoms with Gasteiger partial charge in [-0.3, -0.25) is 0 Å². The minimum atomic E-state index is -4.51. The van der Waals surface area contributed by atoms with E-state index in [2.05, 4.69) is 0 Å². The van der Waals surface area contributed by atoms with Gasteiger partial charge in [-0.05, 0) is 29.7 Å². The minimum absolute atomic E-state index is 0.0430. The van der Waals surface area contributed by atoms with E-state index in [-0.39, 0.29) is 11.1 Å². The Labute approximate surface area is 108 Å². The number of benzene rings is 2. The zero-order chi connectivity index (χ0) is 14.0. The number of halogens is 4. The summed E-state index contributed by atoms with van der Waals surface area (Å²) in [6.45, 7) is 1.72. The third-order valence-electron chi connectivity index (χ3n) is 2.85. The highest BCUT2D eigenvalue weighted by Crippen LogP contribution is 2.38. The number of hydrogen-bond acceptors (Lipinski definition) is 0. The van der Waals surface area contributed by atoms with Crippen LogP contribution in [0.2, 0.25) is 0 Å². The summed E-state index contributed by atoms with van der Waals surface area (Å²) >= 11 is 0. The molecule has 0 saturated heterocycles. The molecule has 99 valence electrons. The smallest absolute Gasteiger partial charge is 0.206 e. The third kappa shape index (κ3) is 2.78. The molecule has 0 N–H and O–H groups in total. The second-order valence-corrected chi connectivity index (χ2v) is 4.07. The molecule has 0 atom stereocenters. The van der Waals surface area contributed by atoms with Crippen molar-refractivity contribution in [2.45, 2.75) is 13.1 Å². The molecule has 0 saturated carbocycles. The van der Waals surface area contributed by atoms with E-state index in [0.29, 0.717) is 5.56 Å². The van der Waals surface area contributed by atoms with E-state index in [0.717, 1.165) is 12.1 Å². The molecule has 0 nitrogen and oxygen atoms in total. The average molecular weight is 267 g/mol. The Kier molecular flexibility index (Phi) is 3.60. The molecule has 2 rings (SSSR count). The quantitative estimate of drug-likeness (QED) is 0.665. The summed E-state index contributed by atoms with van der Waals surface area (Å²) in [5.74, 6) is -0.666. The molecule has 1 radical (unpaired) electrons. The van der Waals surface area contributed by atoms with Crippen LogP contribution >= 0.6 is 0 Å². The highest BCUT2D eigenvalue weighted by Gasteiger charge is 2.34. The molecule has 0 aromatic heterocycles. The highest BCUT2D eigenvalue weighted by molar-refractivity contribution is 5.69. The molecule has 2 aromatic rings. The first-order valence-electron chi connectivity index (χ1n) is 5.69. The molecular weight excluding hydrogens is 256 g/mol. The molecule has 0 aliphatic rings. The van der Waals surface area contributed by atoms with Crippen molar-refractivity contribution in [1.82, 2.24) is 0 Å². The molecule has 0 fully saturated rings. The van der Waals surface area contributed by atoms with Crippen LogP contribution < -0.4 is 0 Å². The Bertz CT molecular complexity index is 585. The summed E-state index contributed by atoms with van der Waals surface area (Å²) in [6, 6.07) is 9.16. The van der Waals surface area contributed by atoms with Gasteiger partial charge in [0, 0.05) is 5.56 Å². The van der Waals surface area contributed by atoms with Gasteiger partial charge in [0.15, 0.2) is 0 Å². The Balaban J connectivity index is 2.69. The van der Waals surface area contributed by atoms with Gasteiger partial charge in [-0.25, -0.2) is 4.39 Å². The lowest BCUT2D eigenvalue weighted by Crippen LogP contribution is -2.08. The average Bonchev–Trinajstić information content (AvgIpc) is 2.37. The van der Waals surface area contributed by atoms with E-state index in [9.17, 15) is 17.6 Å². The maximum Gasteiger partial charge on any atom is 0.417 e. The predicted molar refractivity (Wildman–Crippen MR) is 65.9 cm³/mol. The van der Waals surface area contributed by atoms with Gasteiger partial charge in [-0.2, -0.15) is 13.2 Å². The summed E-state index contributed by atoms with van der Waals surface area (Å²) < 4.78 is 52.6. The standard InChI is InChI=1S/C15H11F4/c1-2-10-7-8-13(15(17,18)19)12(9-10)11-5-3-4-6-14(11)16/h2-9H,1H3. The zero-order valence-corrected chi connectivity index (χ0v) is 10.1. The van der Waals surface area contributed by atoms with Gasteiger partial charge >= 0.3 is 6.18 Å². The largest absolute Gasteiger partial charge is 0.417 e. The van der Waals surface area contributed by atoms with Gasteiger partial charge in [-0.1, -0.05) is 37.3 Å². The molecule has 2 aromatic carbocycles. The van der Waals surface area contributed by atoms with Crippen LogP contribution in [0.3, 0.4) is 0 Å². The first kappa shape index (κ1) is 13.6. The molecule has 4 heteroatoms. The van der Waals surface area contributed by atoms with Crippen molar-refractivity contribution < 1.29 is 17.6 Å². The van der Waals surface area contributed by atoms with Gasteiger partial charge in [0.2, 0.25) is 0 Å². The molecule has 19 heavy (non-hydrogen) atoms. The van der Waals surface area contributed by atoms with Crippen LogP contribution in [0.1, 0.15) is 18.1 Å². The summed E-state index contributed by atoms with van der Waals surface area (Å²) in [5, 5.41) is 0. The van der Waals surface area contributed by atoms with Gasteiger partial charge in [-0.15, -0.1) is 0 Å². The lowest BCUT2D eigenvalue weighted by atomic mass is 9.96. The van der Waals surface area contributed by atoms with Crippen LogP contribution in [0.5, 0.6) is 0 Å². The summed E-state index contributed by atoms with van der Waals surface area (Å²) in [5.41, 5.74) is -0.394. The molecule has 0 bridgehead atoms. The monoisotopic (exact) mass is 267 g/mol. The topological polar surface area (TPSA) is 0 Å². The van der Waals surface area contributed by atoms with Gasteiger partial charge in [0.05, 0.1) is 5.56 Å². The summed E-state index contributed by atoms with van der Waals surface area (Å²) in [6.07, 6.45) is -2.84. The van der Waals surface area contributed by atoms with Crippen molar-refractivity contribution in [3.05, 3.63) is 65.8 Å². The van der Waals surface area contributed by atoms with Crippen molar-refractivity contribution in [3.8, 4) is 11.1 Å². The Morgan fingerprint density at radius 2 is 1.63 bits per heavy atom. The molecule has 0 spiro atoms. The van der Waals surface area contributed by atoms with Crippen LogP contribution in [0.4, 0.5) is 17.6 Å². The molecule has 0 amide bonds. The summed E-state index contributed by atoms with van der Waals surface area (Å²) in [4.78, 5) is 0. The van der Waals surface area contributed by atoms with Crippen LogP contribution in [0.25, 0.3) is 11.1 Å². The number of rotatable bonds is 2. The fraction of sp³-hybridized carbons (Fsp3) is 0.133. The molecule has 0 aliphatic heterocycles.